The van der Waals surface area contributed by atoms with E-state index in [-0.39, 0.29) is 5.75 Å². The van der Waals surface area contributed by atoms with E-state index < -0.39 is 5.95 Å². The van der Waals surface area contributed by atoms with Crippen LogP contribution in [-0.4, -0.2) is 12.1 Å². The maximum absolute atomic E-state index is 13.5. The van der Waals surface area contributed by atoms with Crippen molar-refractivity contribution in [3.63, 3.8) is 0 Å². The van der Waals surface area contributed by atoms with Crippen LogP contribution >= 0.6 is 15.9 Å². The number of halogens is 2. The van der Waals surface area contributed by atoms with Crippen molar-refractivity contribution in [2.45, 2.75) is 6.61 Å². The minimum atomic E-state index is -0.699. The first kappa shape index (κ1) is 12.8. The highest BCUT2D eigenvalue weighted by Crippen LogP contribution is 2.31. The molecule has 0 N–H and O–H groups in total. The van der Waals surface area contributed by atoms with Gasteiger partial charge < -0.3 is 9.47 Å². The molecule has 0 amide bonds. The average molecular weight is 312 g/mol. The largest absolute Gasteiger partial charge is 0.489 e. The molecule has 2 rings (SSSR count). The third-order valence-electron chi connectivity index (χ3n) is 2.31. The predicted octanol–water partition coefficient (Wildman–Crippen LogP) is 3.57. The Bertz CT molecular complexity index is 534. The molecule has 0 bridgehead atoms. The van der Waals surface area contributed by atoms with Crippen LogP contribution in [0.1, 0.15) is 5.56 Å². The molecule has 1 heterocycles. The maximum atomic E-state index is 13.5. The van der Waals surface area contributed by atoms with E-state index >= 15 is 0 Å². The fourth-order valence-corrected chi connectivity index (χ4v) is 1.84. The molecule has 0 atom stereocenters. The number of nitrogens with zero attached hydrogens (tertiary/aromatic N) is 1. The quantitative estimate of drug-likeness (QED) is 0.809. The minimum Gasteiger partial charge on any atom is -0.489 e. The smallest absolute Gasteiger partial charge is 0.260 e. The molecule has 0 fully saturated rings. The summed E-state index contributed by atoms with van der Waals surface area (Å²) >= 11 is 3.12. The molecule has 0 saturated heterocycles. The lowest BCUT2D eigenvalue weighted by atomic mass is 10.2. The lowest BCUT2D eigenvalue weighted by Crippen LogP contribution is -2.00. The highest BCUT2D eigenvalue weighted by Gasteiger charge is 2.13. The number of pyridine rings is 1. The van der Waals surface area contributed by atoms with Gasteiger partial charge in [-0.15, -0.1) is 0 Å². The van der Waals surface area contributed by atoms with Crippen molar-refractivity contribution < 1.29 is 13.9 Å². The molecule has 1 aromatic carbocycles. The van der Waals surface area contributed by atoms with Crippen molar-refractivity contribution in [2.75, 3.05) is 7.11 Å². The van der Waals surface area contributed by atoms with Gasteiger partial charge in [0.2, 0.25) is 5.75 Å². The van der Waals surface area contributed by atoms with Crippen LogP contribution in [0.2, 0.25) is 0 Å². The first-order chi connectivity index (χ1) is 8.70. The van der Waals surface area contributed by atoms with Gasteiger partial charge in [-0.3, -0.25) is 0 Å². The molecule has 2 aromatic rings. The van der Waals surface area contributed by atoms with Crippen molar-refractivity contribution in [2.24, 2.45) is 0 Å². The molecule has 94 valence electrons. The fraction of sp³-hybridized carbons (Fsp3) is 0.154. The Kier molecular flexibility index (Phi) is 4.15. The molecular weight excluding hydrogens is 301 g/mol. The second-order valence-electron chi connectivity index (χ2n) is 3.54. The number of hydrogen-bond acceptors (Lipinski definition) is 3. The lowest BCUT2D eigenvalue weighted by molar-refractivity contribution is 0.274. The Morgan fingerprint density at radius 2 is 2.00 bits per heavy atom. The summed E-state index contributed by atoms with van der Waals surface area (Å²) in [5.74, 6) is -0.371. The van der Waals surface area contributed by atoms with E-state index in [1.54, 1.807) is 6.07 Å². The van der Waals surface area contributed by atoms with Gasteiger partial charge in [0.05, 0.1) is 7.11 Å². The number of benzene rings is 1. The van der Waals surface area contributed by atoms with Gasteiger partial charge in [-0.05, 0) is 21.5 Å². The van der Waals surface area contributed by atoms with Crippen molar-refractivity contribution >= 4 is 15.9 Å². The van der Waals surface area contributed by atoms with Crippen LogP contribution in [0, 0.1) is 5.95 Å². The van der Waals surface area contributed by atoms with Crippen LogP contribution in [0.15, 0.2) is 41.0 Å². The molecule has 1 aromatic heterocycles. The average Bonchev–Trinajstić information content (AvgIpc) is 2.37. The zero-order valence-electron chi connectivity index (χ0n) is 9.69. The van der Waals surface area contributed by atoms with Gasteiger partial charge >= 0.3 is 0 Å². The number of rotatable bonds is 4. The van der Waals surface area contributed by atoms with Crippen LogP contribution < -0.4 is 9.47 Å². The summed E-state index contributed by atoms with van der Waals surface area (Å²) in [6.45, 7) is 0.340. The molecule has 18 heavy (non-hydrogen) atoms. The summed E-state index contributed by atoms with van der Waals surface area (Å²) in [4.78, 5) is 3.61. The van der Waals surface area contributed by atoms with E-state index in [0.717, 1.165) is 5.56 Å². The number of methoxy groups -OCH3 is 1. The zero-order chi connectivity index (χ0) is 13.0. The molecule has 0 unspecified atom stereocenters. The van der Waals surface area contributed by atoms with Gasteiger partial charge in [0.1, 0.15) is 11.2 Å². The van der Waals surface area contributed by atoms with Crippen molar-refractivity contribution in [3.8, 4) is 11.5 Å². The van der Waals surface area contributed by atoms with Crippen molar-refractivity contribution in [1.82, 2.24) is 4.98 Å². The molecule has 0 aliphatic carbocycles. The number of aromatic nitrogens is 1. The van der Waals surface area contributed by atoms with E-state index in [0.29, 0.717) is 17.0 Å². The van der Waals surface area contributed by atoms with Gasteiger partial charge in [0.15, 0.2) is 5.75 Å². The third kappa shape index (κ3) is 2.98. The van der Waals surface area contributed by atoms with Crippen LogP contribution in [0.25, 0.3) is 0 Å². The van der Waals surface area contributed by atoms with E-state index in [4.69, 9.17) is 9.47 Å². The second-order valence-corrected chi connectivity index (χ2v) is 4.35. The first-order valence-electron chi connectivity index (χ1n) is 5.27. The summed E-state index contributed by atoms with van der Waals surface area (Å²) in [6, 6.07) is 11.2. The van der Waals surface area contributed by atoms with Crippen LogP contribution in [0.4, 0.5) is 4.39 Å². The molecule has 0 aliphatic rings. The van der Waals surface area contributed by atoms with Gasteiger partial charge in [0.25, 0.3) is 5.95 Å². The third-order valence-corrected chi connectivity index (χ3v) is 2.71. The van der Waals surface area contributed by atoms with E-state index in [2.05, 4.69) is 20.9 Å². The molecule has 0 saturated carbocycles. The molecule has 3 nitrogen and oxygen atoms in total. The Hall–Kier alpha value is -1.62. The topological polar surface area (TPSA) is 31.4 Å². The van der Waals surface area contributed by atoms with Gasteiger partial charge in [-0.25, -0.2) is 4.98 Å². The van der Waals surface area contributed by atoms with Gasteiger partial charge in [-0.2, -0.15) is 4.39 Å². The van der Waals surface area contributed by atoms with Crippen LogP contribution in [0.5, 0.6) is 11.5 Å². The normalized spacial score (nSPS) is 10.2. The molecule has 0 radical (unpaired) electrons. The second kappa shape index (κ2) is 5.82. The Morgan fingerprint density at radius 3 is 2.67 bits per heavy atom. The standard InChI is InChI=1S/C13H11BrFNO2/c1-17-12-10(7-11(14)16-13(12)15)18-8-9-5-3-2-4-6-9/h2-7H,8H2,1H3. The summed E-state index contributed by atoms with van der Waals surface area (Å²) < 4.78 is 24.3. The minimum absolute atomic E-state index is 0.00845. The van der Waals surface area contributed by atoms with Gasteiger partial charge in [0, 0.05) is 6.07 Å². The Balaban J connectivity index is 2.18. The number of ether oxygens (including phenoxy) is 2. The fourth-order valence-electron chi connectivity index (χ4n) is 1.48. The molecular formula is C13H11BrFNO2. The number of hydrogen-bond donors (Lipinski definition) is 0. The summed E-state index contributed by atoms with van der Waals surface area (Å²) in [5.41, 5.74) is 0.993. The van der Waals surface area contributed by atoms with E-state index in [9.17, 15) is 4.39 Å². The van der Waals surface area contributed by atoms with Crippen molar-refractivity contribution in [3.05, 3.63) is 52.5 Å². The monoisotopic (exact) mass is 311 g/mol. The molecule has 0 spiro atoms. The highest BCUT2D eigenvalue weighted by atomic mass is 79.9. The van der Waals surface area contributed by atoms with Gasteiger partial charge in [-0.1, -0.05) is 30.3 Å². The Labute approximate surface area is 113 Å². The van der Waals surface area contributed by atoms with E-state index in [1.807, 2.05) is 30.3 Å². The lowest BCUT2D eigenvalue weighted by Gasteiger charge is -2.11. The summed E-state index contributed by atoms with van der Waals surface area (Å²) in [6.07, 6.45) is 0. The Morgan fingerprint density at radius 1 is 1.28 bits per heavy atom. The highest BCUT2D eigenvalue weighted by molar-refractivity contribution is 9.10. The van der Waals surface area contributed by atoms with Crippen LogP contribution in [0.3, 0.4) is 0 Å². The SMILES string of the molecule is COc1c(OCc2ccccc2)cc(Br)nc1F. The summed E-state index contributed by atoms with van der Waals surface area (Å²) in [5, 5.41) is 0. The maximum Gasteiger partial charge on any atom is 0.260 e. The summed E-state index contributed by atoms with van der Waals surface area (Å²) in [7, 11) is 1.38. The van der Waals surface area contributed by atoms with Crippen LogP contribution in [-0.2, 0) is 6.61 Å². The van der Waals surface area contributed by atoms with Crippen molar-refractivity contribution in [1.29, 1.82) is 0 Å². The molecule has 5 heteroatoms. The predicted molar refractivity (Wildman–Crippen MR) is 69.2 cm³/mol. The zero-order valence-corrected chi connectivity index (χ0v) is 11.3. The first-order valence-corrected chi connectivity index (χ1v) is 6.06. The van der Waals surface area contributed by atoms with E-state index in [1.165, 1.54) is 7.11 Å². The molecule has 0 aliphatic heterocycles.